The molecular weight excluding hydrogens is 515 g/mol. The van der Waals surface area contributed by atoms with Crippen LogP contribution in [0.15, 0.2) is 54.9 Å². The van der Waals surface area contributed by atoms with E-state index in [0.717, 1.165) is 59.9 Å². The van der Waals surface area contributed by atoms with E-state index in [1.165, 1.54) is 6.07 Å². The van der Waals surface area contributed by atoms with Gasteiger partial charge in [-0.2, -0.15) is 18.3 Å². The van der Waals surface area contributed by atoms with E-state index in [9.17, 15) is 18.0 Å². The Balaban J connectivity index is 1.27. The van der Waals surface area contributed by atoms with Gasteiger partial charge < -0.3 is 4.90 Å². The first-order valence-corrected chi connectivity index (χ1v) is 13.2. The number of fused-ring (bicyclic) bond motifs is 1. The zero-order chi connectivity index (χ0) is 28.3. The van der Waals surface area contributed by atoms with Crippen LogP contribution in [0.2, 0.25) is 0 Å². The lowest BCUT2D eigenvalue weighted by Crippen LogP contribution is -2.44. The summed E-state index contributed by atoms with van der Waals surface area (Å²) in [5, 5.41) is 7.63. The largest absolute Gasteiger partial charge is 0.416 e. The normalized spacial score (nSPS) is 14.7. The average Bonchev–Trinajstić information content (AvgIpc) is 3.38. The van der Waals surface area contributed by atoms with Gasteiger partial charge in [-0.1, -0.05) is 36.1 Å². The van der Waals surface area contributed by atoms with E-state index in [-0.39, 0.29) is 30.7 Å². The molecule has 3 heterocycles. The number of nitrogens with one attached hydrogen (secondary N) is 1. The highest BCUT2D eigenvalue weighted by Crippen LogP contribution is 2.33. The number of ketones is 1. The third-order valence-electron chi connectivity index (χ3n) is 7.21. The minimum absolute atomic E-state index is 0.0663. The maximum atomic E-state index is 13.9. The highest BCUT2D eigenvalue weighted by molar-refractivity contribution is 5.83. The summed E-state index contributed by atoms with van der Waals surface area (Å²) in [5.74, 6) is 6.11. The number of likely N-dealkylation sites (N-methyl/N-ethyl adjacent to an activating group) is 1. The van der Waals surface area contributed by atoms with Crippen LogP contribution < -0.4 is 0 Å². The van der Waals surface area contributed by atoms with E-state index in [1.807, 2.05) is 43.1 Å². The van der Waals surface area contributed by atoms with Gasteiger partial charge in [0.1, 0.15) is 5.78 Å². The number of carbonyl (C=O) groups excluding carboxylic acids is 1. The smallest absolute Gasteiger partial charge is 0.304 e. The van der Waals surface area contributed by atoms with E-state index in [0.29, 0.717) is 11.2 Å². The summed E-state index contributed by atoms with van der Waals surface area (Å²) >= 11 is 0. The number of Topliss-reactive ketones (excluding diaryl/α,β-unsaturated/α-hetero) is 1. The van der Waals surface area contributed by atoms with Crippen molar-refractivity contribution >= 4 is 16.8 Å². The standard InChI is InChI=1S/C31H30F3N5O/c1-21-3-4-22(13-25(21)7-6-24-14-27-19-36-37-30(27)35-18-24)15-28(40)16-23-5-8-26(29(17-23)31(32,33)34)20-39-11-9-38(2)10-12-39/h3-5,8,13-14,17-19H,9-12,15-16,20H2,1-2H3,(H,35,36,37). The summed E-state index contributed by atoms with van der Waals surface area (Å²) in [6, 6.07) is 11.8. The quantitative estimate of drug-likeness (QED) is 0.353. The van der Waals surface area contributed by atoms with E-state index < -0.39 is 11.7 Å². The number of piperazine rings is 1. The van der Waals surface area contributed by atoms with Crippen LogP contribution in [0.25, 0.3) is 11.0 Å². The number of carbonyl (C=O) groups is 1. The topological polar surface area (TPSA) is 65.1 Å². The highest BCUT2D eigenvalue weighted by Gasteiger charge is 2.34. The molecule has 0 saturated carbocycles. The second-order valence-corrected chi connectivity index (χ2v) is 10.4. The van der Waals surface area contributed by atoms with Crippen molar-refractivity contribution in [2.45, 2.75) is 32.5 Å². The van der Waals surface area contributed by atoms with Crippen LogP contribution in [0, 0.1) is 18.8 Å². The molecule has 1 aliphatic rings. The first-order chi connectivity index (χ1) is 19.1. The molecule has 0 amide bonds. The van der Waals surface area contributed by atoms with Crippen molar-refractivity contribution in [1.29, 1.82) is 0 Å². The molecule has 206 valence electrons. The first-order valence-electron chi connectivity index (χ1n) is 13.2. The van der Waals surface area contributed by atoms with Gasteiger partial charge in [-0.3, -0.25) is 14.8 Å². The minimum Gasteiger partial charge on any atom is -0.304 e. The van der Waals surface area contributed by atoms with Crippen LogP contribution in [0.3, 0.4) is 0 Å². The molecule has 1 N–H and O–H groups in total. The van der Waals surface area contributed by atoms with Gasteiger partial charge in [0.25, 0.3) is 0 Å². The molecule has 9 heteroatoms. The number of rotatable bonds is 6. The summed E-state index contributed by atoms with van der Waals surface area (Å²) in [5.41, 5.74) is 3.90. The van der Waals surface area contributed by atoms with Crippen molar-refractivity contribution in [3.63, 3.8) is 0 Å². The van der Waals surface area contributed by atoms with Gasteiger partial charge >= 0.3 is 6.18 Å². The molecule has 4 aromatic rings. The van der Waals surface area contributed by atoms with Crippen LogP contribution in [-0.4, -0.2) is 64.0 Å². The molecule has 0 atom stereocenters. The lowest BCUT2D eigenvalue weighted by atomic mass is 9.96. The van der Waals surface area contributed by atoms with Gasteiger partial charge in [-0.25, -0.2) is 4.98 Å². The van der Waals surface area contributed by atoms with Crippen molar-refractivity contribution in [3.8, 4) is 11.8 Å². The van der Waals surface area contributed by atoms with Gasteiger partial charge in [-0.15, -0.1) is 0 Å². The lowest BCUT2D eigenvalue weighted by molar-refractivity contribution is -0.138. The molecule has 1 saturated heterocycles. The second kappa shape index (κ2) is 11.6. The number of benzene rings is 2. The van der Waals surface area contributed by atoms with Crippen molar-refractivity contribution < 1.29 is 18.0 Å². The van der Waals surface area contributed by atoms with Crippen LogP contribution >= 0.6 is 0 Å². The van der Waals surface area contributed by atoms with E-state index in [1.54, 1.807) is 18.5 Å². The summed E-state index contributed by atoms with van der Waals surface area (Å²) in [6.07, 6.45) is -1.08. The Kier molecular flexibility index (Phi) is 8.01. The molecule has 2 aromatic heterocycles. The predicted molar refractivity (Wildman–Crippen MR) is 148 cm³/mol. The molecule has 2 aromatic carbocycles. The summed E-state index contributed by atoms with van der Waals surface area (Å²) < 4.78 is 41.8. The van der Waals surface area contributed by atoms with Gasteiger partial charge in [-0.05, 0) is 54.4 Å². The third kappa shape index (κ3) is 6.76. The monoisotopic (exact) mass is 545 g/mol. The number of aromatic amines is 1. The van der Waals surface area contributed by atoms with Crippen molar-refractivity contribution in [2.24, 2.45) is 0 Å². The van der Waals surface area contributed by atoms with E-state index in [2.05, 4.69) is 31.9 Å². The minimum atomic E-state index is -4.48. The molecule has 0 radical (unpaired) electrons. The molecule has 0 unspecified atom stereocenters. The third-order valence-corrected chi connectivity index (χ3v) is 7.21. The molecule has 1 fully saturated rings. The Bertz CT molecular complexity index is 1590. The molecule has 40 heavy (non-hydrogen) atoms. The number of hydrogen-bond donors (Lipinski definition) is 1. The highest BCUT2D eigenvalue weighted by atomic mass is 19.4. The van der Waals surface area contributed by atoms with E-state index in [4.69, 9.17) is 0 Å². The van der Waals surface area contributed by atoms with Crippen LogP contribution in [0.4, 0.5) is 13.2 Å². The lowest BCUT2D eigenvalue weighted by Gasteiger charge is -2.33. The number of pyridine rings is 1. The fourth-order valence-corrected chi connectivity index (χ4v) is 4.86. The van der Waals surface area contributed by atoms with Gasteiger partial charge in [0.15, 0.2) is 5.65 Å². The number of halogens is 3. The van der Waals surface area contributed by atoms with Gasteiger partial charge in [0.05, 0.1) is 11.8 Å². The molecule has 0 aliphatic carbocycles. The maximum Gasteiger partial charge on any atom is 0.416 e. The number of nitrogens with zero attached hydrogens (tertiary/aromatic N) is 4. The number of aryl methyl sites for hydroxylation is 1. The fourth-order valence-electron chi connectivity index (χ4n) is 4.86. The number of H-pyrrole nitrogens is 1. The zero-order valence-electron chi connectivity index (χ0n) is 22.5. The summed E-state index contributed by atoms with van der Waals surface area (Å²) in [6.45, 7) is 5.31. The van der Waals surface area contributed by atoms with E-state index >= 15 is 0 Å². The van der Waals surface area contributed by atoms with Gasteiger partial charge in [0.2, 0.25) is 0 Å². The molecule has 0 spiro atoms. The Morgan fingerprint density at radius 3 is 2.45 bits per heavy atom. The Morgan fingerprint density at radius 1 is 0.975 bits per heavy atom. The second-order valence-electron chi connectivity index (χ2n) is 10.4. The fraction of sp³-hybridized carbons (Fsp3) is 0.323. The van der Waals surface area contributed by atoms with Crippen LogP contribution in [0.5, 0.6) is 0 Å². The molecule has 5 rings (SSSR count). The van der Waals surface area contributed by atoms with Crippen molar-refractivity contribution in [1.82, 2.24) is 25.0 Å². The number of alkyl halides is 3. The van der Waals surface area contributed by atoms with Crippen LogP contribution in [-0.2, 0) is 30.4 Å². The van der Waals surface area contributed by atoms with Gasteiger partial charge in [0, 0.05) is 68.3 Å². The summed E-state index contributed by atoms with van der Waals surface area (Å²) in [4.78, 5) is 21.4. The Labute approximate surface area is 231 Å². The number of aromatic nitrogens is 3. The predicted octanol–water partition coefficient (Wildman–Crippen LogP) is 4.79. The zero-order valence-corrected chi connectivity index (χ0v) is 22.5. The average molecular weight is 546 g/mol. The summed E-state index contributed by atoms with van der Waals surface area (Å²) in [7, 11) is 2.01. The SMILES string of the molecule is Cc1ccc(CC(=O)Cc2ccc(CN3CCN(C)CC3)c(C(F)(F)F)c2)cc1C#Cc1cnc2[nH]ncc2c1. The molecule has 0 bridgehead atoms. The van der Waals surface area contributed by atoms with Crippen LogP contribution in [0.1, 0.15) is 38.9 Å². The molecule has 6 nitrogen and oxygen atoms in total. The molecule has 1 aliphatic heterocycles. The first kappa shape index (κ1) is 27.6. The van der Waals surface area contributed by atoms with Crippen molar-refractivity contribution in [3.05, 3.63) is 93.8 Å². The Morgan fingerprint density at radius 2 is 1.70 bits per heavy atom. The molecular formula is C31H30F3N5O. The Hall–Kier alpha value is -4.00. The number of hydrogen-bond acceptors (Lipinski definition) is 5. The maximum absolute atomic E-state index is 13.9. The van der Waals surface area contributed by atoms with Crippen molar-refractivity contribution in [2.75, 3.05) is 33.2 Å².